The molecule has 37 heavy (non-hydrogen) atoms. The van der Waals surface area contributed by atoms with Gasteiger partial charge in [0, 0.05) is 30.3 Å². The van der Waals surface area contributed by atoms with Crippen molar-refractivity contribution in [3.8, 4) is 11.5 Å². The van der Waals surface area contributed by atoms with Gasteiger partial charge in [-0.25, -0.2) is 18.4 Å². The molecule has 4 N–H and O–H groups in total. The van der Waals surface area contributed by atoms with Crippen molar-refractivity contribution in [2.75, 3.05) is 30.8 Å². The van der Waals surface area contributed by atoms with Crippen LogP contribution in [0.15, 0.2) is 65.6 Å². The van der Waals surface area contributed by atoms with E-state index in [1.807, 2.05) is 13.0 Å². The number of aryl methyl sites for hydroxylation is 1. The Morgan fingerprint density at radius 1 is 0.919 bits per heavy atom. The number of nitrogens with zero attached hydrogens (tertiary/aromatic N) is 2. The Kier molecular flexibility index (Phi) is 7.55. The number of hydrogen-bond acceptors (Lipinski definition) is 9. The van der Waals surface area contributed by atoms with E-state index < -0.39 is 10.0 Å². The summed E-state index contributed by atoms with van der Waals surface area (Å²) < 4.78 is 40.0. The summed E-state index contributed by atoms with van der Waals surface area (Å²) in [6.45, 7) is 1.69. The van der Waals surface area contributed by atoms with Gasteiger partial charge in [-0.1, -0.05) is 18.2 Å². The molecule has 0 aliphatic carbocycles. The molecule has 0 unspecified atom stereocenters. The van der Waals surface area contributed by atoms with Crippen LogP contribution in [0.25, 0.3) is 11.0 Å². The van der Waals surface area contributed by atoms with E-state index in [9.17, 15) is 13.2 Å². The van der Waals surface area contributed by atoms with Crippen LogP contribution in [0.1, 0.15) is 11.1 Å². The van der Waals surface area contributed by atoms with Gasteiger partial charge in [0.2, 0.25) is 0 Å². The van der Waals surface area contributed by atoms with E-state index in [-0.39, 0.29) is 35.3 Å². The first-order valence-electron chi connectivity index (χ1n) is 11.3. The molecule has 0 bridgehead atoms. The Balaban J connectivity index is 1.75. The Bertz CT molecular complexity index is 1550. The molecule has 0 spiro atoms. The maximum absolute atomic E-state index is 13.4. The Morgan fingerprint density at radius 3 is 2.14 bits per heavy atom. The van der Waals surface area contributed by atoms with Crippen LogP contribution in [0, 0.1) is 6.92 Å². The van der Waals surface area contributed by atoms with Crippen molar-refractivity contribution in [2.24, 2.45) is 5.73 Å². The van der Waals surface area contributed by atoms with Gasteiger partial charge in [0.25, 0.3) is 10.0 Å². The number of aromatic nitrogens is 2. The minimum absolute atomic E-state index is 0.000598. The molecule has 1 aromatic heterocycles. The number of hydrogen-bond donors (Lipinski definition) is 3. The molecule has 1 heterocycles. The number of benzene rings is 3. The van der Waals surface area contributed by atoms with Crippen LogP contribution in [-0.2, 0) is 21.2 Å². The van der Waals surface area contributed by atoms with Gasteiger partial charge in [-0.05, 0) is 42.3 Å². The number of carbonyl (C=O) groups is 1. The Morgan fingerprint density at radius 2 is 1.54 bits per heavy atom. The summed E-state index contributed by atoms with van der Waals surface area (Å²) in [6, 6.07) is 16.9. The molecular formula is C26H27N5O5S. The average molecular weight is 522 g/mol. The number of ketones is 1. The second-order valence-corrected chi connectivity index (χ2v) is 9.93. The second kappa shape index (κ2) is 10.8. The third kappa shape index (κ3) is 5.96. The first-order valence-corrected chi connectivity index (χ1v) is 12.8. The van der Waals surface area contributed by atoms with E-state index in [4.69, 9.17) is 15.2 Å². The van der Waals surface area contributed by atoms with Crippen LogP contribution >= 0.6 is 0 Å². The quantitative estimate of drug-likeness (QED) is 0.285. The number of ether oxygens (including phenoxy) is 2. The number of rotatable bonds is 10. The smallest absolute Gasteiger partial charge is 0.263 e. The number of fused-ring (bicyclic) bond motifs is 1. The summed E-state index contributed by atoms with van der Waals surface area (Å²) in [5.74, 6) is 1.07. The molecule has 192 valence electrons. The van der Waals surface area contributed by atoms with E-state index in [0.717, 1.165) is 5.56 Å². The standard InChI is InChI=1S/C26H27N5O5S/c1-16-8-9-22(11-17(16)10-19(32)15-27)37(33,34)31-26-25(29-23-6-4-5-7-24(23)30-26)28-18-12-20(35-2)14-21(13-18)36-3/h4-9,11-14H,10,15,27H2,1-3H3,(H,28,29)(H,30,31). The number of sulfonamides is 1. The minimum Gasteiger partial charge on any atom is -0.497 e. The van der Waals surface area contributed by atoms with Crippen molar-refractivity contribution in [2.45, 2.75) is 18.2 Å². The van der Waals surface area contributed by atoms with Gasteiger partial charge >= 0.3 is 0 Å². The summed E-state index contributed by atoms with van der Waals surface area (Å²) in [4.78, 5) is 21.0. The van der Waals surface area contributed by atoms with Crippen molar-refractivity contribution in [1.29, 1.82) is 0 Å². The van der Waals surface area contributed by atoms with Crippen molar-refractivity contribution < 1.29 is 22.7 Å². The first kappa shape index (κ1) is 25.9. The van der Waals surface area contributed by atoms with Gasteiger partial charge < -0.3 is 20.5 Å². The maximum Gasteiger partial charge on any atom is 0.263 e. The second-order valence-electron chi connectivity index (χ2n) is 8.25. The molecule has 0 aliphatic heterocycles. The molecule has 4 rings (SSSR count). The van der Waals surface area contributed by atoms with Crippen molar-refractivity contribution >= 4 is 44.2 Å². The lowest BCUT2D eigenvalue weighted by Gasteiger charge is -2.15. The fourth-order valence-corrected chi connectivity index (χ4v) is 4.71. The average Bonchev–Trinajstić information content (AvgIpc) is 2.89. The van der Waals surface area contributed by atoms with Crippen LogP contribution in [0.2, 0.25) is 0 Å². The Hall–Kier alpha value is -4.22. The summed E-state index contributed by atoms with van der Waals surface area (Å²) in [5.41, 5.74) is 8.45. The van der Waals surface area contributed by atoms with Crippen molar-refractivity contribution in [1.82, 2.24) is 9.97 Å². The van der Waals surface area contributed by atoms with Crippen molar-refractivity contribution in [3.63, 3.8) is 0 Å². The zero-order valence-corrected chi connectivity index (χ0v) is 21.4. The fourth-order valence-electron chi connectivity index (χ4n) is 3.65. The number of nitrogens with one attached hydrogen (secondary N) is 2. The van der Waals surface area contributed by atoms with Gasteiger partial charge in [-0.3, -0.25) is 9.52 Å². The van der Waals surface area contributed by atoms with Crippen LogP contribution in [0.4, 0.5) is 17.3 Å². The molecule has 0 saturated heterocycles. The SMILES string of the molecule is COc1cc(Nc2nc3ccccc3nc2NS(=O)(=O)c2ccc(C)c(CC(=O)CN)c2)cc(OC)c1. The van der Waals surface area contributed by atoms with E-state index >= 15 is 0 Å². The predicted molar refractivity (Wildman–Crippen MR) is 142 cm³/mol. The normalized spacial score (nSPS) is 11.2. The third-order valence-electron chi connectivity index (χ3n) is 5.66. The number of anilines is 3. The van der Waals surface area contributed by atoms with Crippen LogP contribution in [0.3, 0.4) is 0 Å². The van der Waals surface area contributed by atoms with Gasteiger partial charge in [-0.15, -0.1) is 0 Å². The summed E-state index contributed by atoms with van der Waals surface area (Å²) in [5, 5.41) is 3.12. The highest BCUT2D eigenvalue weighted by atomic mass is 32.2. The zero-order valence-electron chi connectivity index (χ0n) is 20.6. The minimum atomic E-state index is -4.09. The largest absolute Gasteiger partial charge is 0.497 e. The maximum atomic E-state index is 13.4. The Labute approximate surface area is 214 Å². The molecule has 4 aromatic rings. The molecular weight excluding hydrogens is 494 g/mol. The zero-order chi connectivity index (χ0) is 26.6. The molecule has 11 heteroatoms. The molecule has 0 radical (unpaired) electrons. The number of methoxy groups -OCH3 is 2. The number of Topliss-reactive ketones (excluding diaryl/α,β-unsaturated/α-hetero) is 1. The monoisotopic (exact) mass is 521 g/mol. The highest BCUT2D eigenvalue weighted by Crippen LogP contribution is 2.31. The van der Waals surface area contributed by atoms with E-state index in [2.05, 4.69) is 20.0 Å². The van der Waals surface area contributed by atoms with Crippen LogP contribution in [0.5, 0.6) is 11.5 Å². The summed E-state index contributed by atoms with van der Waals surface area (Å²) in [7, 11) is -1.02. The van der Waals surface area contributed by atoms with E-state index in [0.29, 0.717) is 33.8 Å². The van der Waals surface area contributed by atoms with Crippen LogP contribution < -0.4 is 25.2 Å². The predicted octanol–water partition coefficient (Wildman–Crippen LogP) is 3.57. The first-order chi connectivity index (χ1) is 17.7. The topological polar surface area (TPSA) is 146 Å². The summed E-state index contributed by atoms with van der Waals surface area (Å²) in [6.07, 6.45) is 0.0476. The molecule has 3 aromatic carbocycles. The molecule has 0 aliphatic rings. The number of nitrogens with two attached hydrogens (primary N) is 1. The third-order valence-corrected chi connectivity index (χ3v) is 7.00. The van der Waals surface area contributed by atoms with Gasteiger partial charge in [0.05, 0.1) is 36.7 Å². The molecule has 10 nitrogen and oxygen atoms in total. The lowest BCUT2D eigenvalue weighted by Crippen LogP contribution is -2.18. The lowest BCUT2D eigenvalue weighted by atomic mass is 10.0. The van der Waals surface area contributed by atoms with Crippen molar-refractivity contribution in [3.05, 3.63) is 71.8 Å². The summed E-state index contributed by atoms with van der Waals surface area (Å²) >= 11 is 0. The van der Waals surface area contributed by atoms with Gasteiger partial charge in [0.1, 0.15) is 11.5 Å². The highest BCUT2D eigenvalue weighted by molar-refractivity contribution is 7.92. The molecule has 0 saturated carbocycles. The van der Waals surface area contributed by atoms with Crippen LogP contribution in [-0.4, -0.2) is 44.9 Å². The fraction of sp³-hybridized carbons (Fsp3) is 0.192. The highest BCUT2D eigenvalue weighted by Gasteiger charge is 2.21. The van der Waals surface area contributed by atoms with Gasteiger partial charge in [-0.2, -0.15) is 0 Å². The number of carbonyl (C=O) groups excluding carboxylic acids is 1. The molecule has 0 atom stereocenters. The molecule has 0 amide bonds. The molecule has 0 fully saturated rings. The van der Waals surface area contributed by atoms with E-state index in [1.165, 1.54) is 26.4 Å². The van der Waals surface area contributed by atoms with Gasteiger partial charge in [0.15, 0.2) is 17.4 Å². The lowest BCUT2D eigenvalue weighted by molar-refractivity contribution is -0.117. The van der Waals surface area contributed by atoms with E-state index in [1.54, 1.807) is 42.5 Å². The number of para-hydroxylation sites is 2.